The third-order valence-electron chi connectivity index (χ3n) is 2.35. The first-order valence-electron chi connectivity index (χ1n) is 4.39. The molecule has 0 spiro atoms. The molecule has 0 radical (unpaired) electrons. The van der Waals surface area contributed by atoms with E-state index in [-0.39, 0.29) is 21.8 Å². The summed E-state index contributed by atoms with van der Waals surface area (Å²) >= 11 is 3.25. The van der Waals surface area contributed by atoms with Gasteiger partial charge in [-0.15, -0.1) is 0 Å². The molecular weight excluding hydrogens is 278 g/mol. The second-order valence-corrected chi connectivity index (χ2v) is 4.28. The molecule has 0 fully saturated rings. The quantitative estimate of drug-likeness (QED) is 0.412. The number of carbonyl (C=O) groups excluding carboxylic acids is 1. The Hall–Kier alpha value is -1.63. The lowest BCUT2D eigenvalue weighted by molar-refractivity contribution is -0.416. The summed E-state index contributed by atoms with van der Waals surface area (Å²) < 4.78 is 0. The van der Waals surface area contributed by atoms with Crippen LogP contribution in [-0.2, 0) is 4.79 Å². The van der Waals surface area contributed by atoms with Crippen LogP contribution in [0.1, 0.15) is 6.92 Å². The van der Waals surface area contributed by atoms with Gasteiger partial charge in [-0.1, -0.05) is 22.0 Å². The monoisotopic (exact) mass is 283 g/mol. The van der Waals surface area contributed by atoms with E-state index in [0.717, 1.165) is 6.34 Å². The fraction of sp³-hybridized carbons (Fsp3) is 0.222. The molecule has 1 unspecified atom stereocenters. The highest BCUT2D eigenvalue weighted by Gasteiger charge is 2.36. The summed E-state index contributed by atoms with van der Waals surface area (Å²) in [4.78, 5) is 28.8. The average molecular weight is 284 g/mol. The zero-order chi connectivity index (χ0) is 11.9. The smallest absolute Gasteiger partial charge is 0.267 e. The minimum atomic E-state index is -0.526. The molecule has 2 rings (SSSR count). The van der Waals surface area contributed by atoms with Crippen molar-refractivity contribution in [1.29, 1.82) is 0 Å². The topological polar surface area (TPSA) is 84.9 Å². The van der Waals surface area contributed by atoms with Crippen molar-refractivity contribution in [3.05, 3.63) is 33.0 Å². The van der Waals surface area contributed by atoms with Crippen molar-refractivity contribution in [1.82, 2.24) is 0 Å². The van der Waals surface area contributed by atoms with Crippen molar-refractivity contribution >= 4 is 33.9 Å². The van der Waals surface area contributed by atoms with Gasteiger partial charge in [0, 0.05) is 5.57 Å². The van der Waals surface area contributed by atoms with Crippen LogP contribution in [0, 0.1) is 10.1 Å². The van der Waals surface area contributed by atoms with E-state index in [0.29, 0.717) is 5.57 Å². The third-order valence-corrected chi connectivity index (χ3v) is 3.31. The summed E-state index contributed by atoms with van der Waals surface area (Å²) in [5.74, 6) is -0.499. The molecule has 1 aliphatic carbocycles. The molecule has 0 saturated heterocycles. The minimum absolute atomic E-state index is 0.0956. The highest BCUT2D eigenvalue weighted by molar-refractivity contribution is 9.09. The van der Waals surface area contributed by atoms with E-state index in [1.807, 2.05) is 0 Å². The number of carbonyl (C=O) groups is 1. The van der Waals surface area contributed by atoms with Gasteiger partial charge in [-0.2, -0.15) is 4.99 Å². The highest BCUT2D eigenvalue weighted by atomic mass is 79.9. The summed E-state index contributed by atoms with van der Waals surface area (Å²) in [7, 11) is 0. The zero-order valence-electron chi connectivity index (χ0n) is 8.18. The molecule has 6 nitrogen and oxygen atoms in total. The number of aliphatic imine (C=N–C) groups is 2. The number of fused-ring (bicyclic) bond motifs is 1. The normalized spacial score (nSPS) is 23.9. The van der Waals surface area contributed by atoms with Crippen LogP contribution < -0.4 is 0 Å². The first-order chi connectivity index (χ1) is 7.52. The van der Waals surface area contributed by atoms with Crippen LogP contribution in [0.25, 0.3) is 0 Å². The van der Waals surface area contributed by atoms with E-state index in [1.165, 1.54) is 0 Å². The molecule has 0 N–H and O–H groups in total. The minimum Gasteiger partial charge on any atom is -0.267 e. The van der Waals surface area contributed by atoms with E-state index < -0.39 is 10.8 Å². The zero-order valence-corrected chi connectivity index (χ0v) is 9.76. The van der Waals surface area contributed by atoms with E-state index in [9.17, 15) is 14.9 Å². The van der Waals surface area contributed by atoms with Gasteiger partial charge in [0.15, 0.2) is 5.71 Å². The van der Waals surface area contributed by atoms with Crippen LogP contribution in [0.3, 0.4) is 0 Å². The van der Waals surface area contributed by atoms with Crippen LogP contribution in [0.2, 0.25) is 0 Å². The molecule has 2 aliphatic rings. The maximum absolute atomic E-state index is 11.4. The van der Waals surface area contributed by atoms with Gasteiger partial charge in [-0.05, 0) is 6.92 Å². The van der Waals surface area contributed by atoms with Crippen molar-refractivity contribution < 1.29 is 9.72 Å². The molecule has 0 saturated carbocycles. The summed E-state index contributed by atoms with van der Waals surface area (Å²) in [5, 5.41) is 10.9. The molecule has 0 bridgehead atoms. The van der Waals surface area contributed by atoms with Crippen molar-refractivity contribution in [2.75, 3.05) is 0 Å². The standard InChI is InChI=1S/C9H6BrN3O3/c1-4-6(10)2-5-7(8(4)13(15)16)11-3-12-9(5)14/h2-3,6H,1H3. The van der Waals surface area contributed by atoms with Crippen molar-refractivity contribution in [3.63, 3.8) is 0 Å². The Balaban J connectivity index is 2.63. The summed E-state index contributed by atoms with van der Waals surface area (Å²) in [5.41, 5.74) is 0.675. The number of allylic oxidation sites excluding steroid dienone is 3. The van der Waals surface area contributed by atoms with Gasteiger partial charge >= 0.3 is 0 Å². The van der Waals surface area contributed by atoms with E-state index in [1.54, 1.807) is 13.0 Å². The molecular formula is C9H6BrN3O3. The van der Waals surface area contributed by atoms with Crippen molar-refractivity contribution in [2.24, 2.45) is 9.98 Å². The van der Waals surface area contributed by atoms with Gasteiger partial charge in [-0.3, -0.25) is 14.9 Å². The fourth-order valence-electron chi connectivity index (χ4n) is 1.54. The lowest BCUT2D eigenvalue weighted by atomic mass is 9.94. The Morgan fingerprint density at radius 1 is 1.56 bits per heavy atom. The number of rotatable bonds is 1. The van der Waals surface area contributed by atoms with Crippen molar-refractivity contribution in [3.8, 4) is 0 Å². The largest absolute Gasteiger partial charge is 0.296 e. The van der Waals surface area contributed by atoms with E-state index >= 15 is 0 Å². The van der Waals surface area contributed by atoms with Crippen LogP contribution in [0.4, 0.5) is 0 Å². The van der Waals surface area contributed by atoms with Crippen LogP contribution in [0.15, 0.2) is 32.9 Å². The molecule has 82 valence electrons. The molecule has 1 aliphatic heterocycles. The Kier molecular flexibility index (Phi) is 2.55. The SMILES string of the molecule is CC1=C([N+](=O)[O-])C2=NC=NC(=O)C2=CC1Br. The van der Waals surface area contributed by atoms with Crippen LogP contribution >= 0.6 is 15.9 Å². The Labute approximate surface area is 98.7 Å². The Morgan fingerprint density at radius 2 is 2.25 bits per heavy atom. The molecule has 0 aromatic heterocycles. The number of nitrogens with zero attached hydrogens (tertiary/aromatic N) is 3. The van der Waals surface area contributed by atoms with E-state index in [2.05, 4.69) is 25.9 Å². The van der Waals surface area contributed by atoms with Gasteiger partial charge in [0.25, 0.3) is 11.6 Å². The summed E-state index contributed by atoms with van der Waals surface area (Å²) in [6.07, 6.45) is 2.63. The molecule has 0 aromatic carbocycles. The molecule has 1 atom stereocenters. The summed E-state index contributed by atoms with van der Waals surface area (Å²) in [6, 6.07) is 0. The van der Waals surface area contributed by atoms with Gasteiger partial charge in [0.1, 0.15) is 6.34 Å². The second-order valence-electron chi connectivity index (χ2n) is 3.30. The maximum atomic E-state index is 11.4. The Bertz CT molecular complexity index is 516. The molecule has 1 amide bonds. The Morgan fingerprint density at radius 3 is 2.88 bits per heavy atom. The number of halogens is 1. The van der Waals surface area contributed by atoms with Gasteiger partial charge < -0.3 is 0 Å². The van der Waals surface area contributed by atoms with E-state index in [4.69, 9.17) is 0 Å². The van der Waals surface area contributed by atoms with Crippen LogP contribution in [-0.4, -0.2) is 27.7 Å². The van der Waals surface area contributed by atoms with Gasteiger partial charge in [0.05, 0.1) is 15.3 Å². The van der Waals surface area contributed by atoms with Crippen LogP contribution in [0.5, 0.6) is 0 Å². The number of hydrogen-bond acceptors (Lipinski definition) is 4. The molecule has 7 heteroatoms. The van der Waals surface area contributed by atoms with Gasteiger partial charge in [0.2, 0.25) is 0 Å². The third kappa shape index (κ3) is 1.53. The second kappa shape index (κ2) is 3.75. The molecule has 1 heterocycles. The summed E-state index contributed by atoms with van der Waals surface area (Å²) in [6.45, 7) is 1.63. The molecule has 0 aromatic rings. The fourth-order valence-corrected chi connectivity index (χ4v) is 2.02. The first-order valence-corrected chi connectivity index (χ1v) is 5.30. The predicted molar refractivity (Wildman–Crippen MR) is 61.4 cm³/mol. The lowest BCUT2D eigenvalue weighted by Gasteiger charge is -2.18. The maximum Gasteiger partial charge on any atom is 0.296 e. The number of alkyl halides is 1. The van der Waals surface area contributed by atoms with Crippen molar-refractivity contribution in [2.45, 2.75) is 11.8 Å². The van der Waals surface area contributed by atoms with Gasteiger partial charge in [-0.25, -0.2) is 4.99 Å². The average Bonchev–Trinajstić information content (AvgIpc) is 2.21. The first kappa shape index (κ1) is 10.9. The highest BCUT2D eigenvalue weighted by Crippen LogP contribution is 2.29. The predicted octanol–water partition coefficient (Wildman–Crippen LogP) is 1.25. The number of hydrogen-bond donors (Lipinski definition) is 0. The lowest BCUT2D eigenvalue weighted by Crippen LogP contribution is -2.28. The number of nitro groups is 1. The number of amides is 1. The molecule has 16 heavy (non-hydrogen) atoms.